The van der Waals surface area contributed by atoms with Gasteiger partial charge < -0.3 is 9.84 Å². The SMILES string of the molecule is O=C(O)c1ncc(Oc2cccc(Br)c2)cn1. The minimum absolute atomic E-state index is 0.258. The van der Waals surface area contributed by atoms with Gasteiger partial charge in [0.05, 0.1) is 12.4 Å². The lowest BCUT2D eigenvalue weighted by Crippen LogP contribution is -2.03. The fourth-order valence-electron chi connectivity index (χ4n) is 1.15. The van der Waals surface area contributed by atoms with Crippen molar-refractivity contribution in [1.82, 2.24) is 9.97 Å². The van der Waals surface area contributed by atoms with Gasteiger partial charge in [0.1, 0.15) is 5.75 Å². The predicted octanol–water partition coefficient (Wildman–Crippen LogP) is 2.73. The van der Waals surface area contributed by atoms with Gasteiger partial charge in [-0.25, -0.2) is 14.8 Å². The first-order chi connectivity index (χ1) is 8.15. The third kappa shape index (κ3) is 3.01. The Labute approximate surface area is 105 Å². The van der Waals surface area contributed by atoms with Crippen LogP contribution in [0.1, 0.15) is 10.6 Å². The van der Waals surface area contributed by atoms with Crippen LogP contribution in [0, 0.1) is 0 Å². The highest BCUT2D eigenvalue weighted by molar-refractivity contribution is 9.10. The smallest absolute Gasteiger partial charge is 0.373 e. The van der Waals surface area contributed by atoms with E-state index in [1.807, 2.05) is 12.1 Å². The van der Waals surface area contributed by atoms with Crippen LogP contribution >= 0.6 is 15.9 Å². The summed E-state index contributed by atoms with van der Waals surface area (Å²) in [5, 5.41) is 8.63. The van der Waals surface area contributed by atoms with E-state index in [1.165, 1.54) is 12.4 Å². The molecule has 0 aliphatic rings. The van der Waals surface area contributed by atoms with Crippen molar-refractivity contribution in [2.75, 3.05) is 0 Å². The number of rotatable bonds is 3. The molecule has 0 aliphatic heterocycles. The van der Waals surface area contributed by atoms with Crippen molar-refractivity contribution >= 4 is 21.9 Å². The lowest BCUT2D eigenvalue weighted by molar-refractivity contribution is 0.0683. The van der Waals surface area contributed by atoms with E-state index in [0.29, 0.717) is 11.5 Å². The molecule has 0 saturated carbocycles. The Kier molecular flexibility index (Phi) is 3.34. The first kappa shape index (κ1) is 11.5. The number of aromatic nitrogens is 2. The van der Waals surface area contributed by atoms with Gasteiger partial charge in [0.2, 0.25) is 5.82 Å². The second kappa shape index (κ2) is 4.92. The van der Waals surface area contributed by atoms with Crippen LogP contribution in [0.4, 0.5) is 0 Å². The number of nitrogens with zero attached hydrogens (tertiary/aromatic N) is 2. The minimum Gasteiger partial charge on any atom is -0.475 e. The maximum atomic E-state index is 10.5. The third-order valence-electron chi connectivity index (χ3n) is 1.85. The molecule has 0 radical (unpaired) electrons. The average Bonchev–Trinajstić information content (AvgIpc) is 2.29. The summed E-state index contributed by atoms with van der Waals surface area (Å²) in [6.45, 7) is 0. The number of carbonyl (C=O) groups is 1. The molecule has 0 atom stereocenters. The van der Waals surface area contributed by atoms with Crippen LogP contribution in [0.2, 0.25) is 0 Å². The molecule has 0 aliphatic carbocycles. The molecule has 0 fully saturated rings. The minimum atomic E-state index is -1.17. The molecule has 1 N–H and O–H groups in total. The summed E-state index contributed by atoms with van der Waals surface area (Å²) in [5.74, 6) is -0.426. The van der Waals surface area contributed by atoms with Crippen LogP contribution in [-0.4, -0.2) is 21.0 Å². The number of hydrogen-bond acceptors (Lipinski definition) is 4. The van der Waals surface area contributed by atoms with Gasteiger partial charge in [-0.3, -0.25) is 0 Å². The van der Waals surface area contributed by atoms with Crippen molar-refractivity contribution in [1.29, 1.82) is 0 Å². The van der Waals surface area contributed by atoms with Crippen molar-refractivity contribution in [3.8, 4) is 11.5 Å². The molecule has 1 heterocycles. The van der Waals surface area contributed by atoms with Gasteiger partial charge in [0.15, 0.2) is 5.75 Å². The van der Waals surface area contributed by atoms with Gasteiger partial charge in [-0.15, -0.1) is 0 Å². The molecule has 2 rings (SSSR count). The number of carboxylic acid groups (broad SMARTS) is 1. The Bertz CT molecular complexity index is 543. The van der Waals surface area contributed by atoms with Crippen molar-refractivity contribution in [3.63, 3.8) is 0 Å². The fraction of sp³-hybridized carbons (Fsp3) is 0. The fourth-order valence-corrected chi connectivity index (χ4v) is 1.52. The summed E-state index contributed by atoms with van der Waals surface area (Å²) in [7, 11) is 0. The molecule has 0 spiro atoms. The second-order valence-electron chi connectivity index (χ2n) is 3.11. The Morgan fingerprint density at radius 1 is 1.24 bits per heavy atom. The topological polar surface area (TPSA) is 72.3 Å². The van der Waals surface area contributed by atoms with E-state index in [2.05, 4.69) is 25.9 Å². The first-order valence-electron chi connectivity index (χ1n) is 4.64. The highest BCUT2D eigenvalue weighted by Crippen LogP contribution is 2.23. The number of carboxylic acids is 1. The molecule has 0 saturated heterocycles. The molecule has 1 aromatic carbocycles. The zero-order valence-corrected chi connectivity index (χ0v) is 10.1. The van der Waals surface area contributed by atoms with E-state index < -0.39 is 5.97 Å². The summed E-state index contributed by atoms with van der Waals surface area (Å²) >= 11 is 3.32. The van der Waals surface area contributed by atoms with E-state index in [4.69, 9.17) is 9.84 Å². The van der Waals surface area contributed by atoms with Crippen LogP contribution in [0.3, 0.4) is 0 Å². The Balaban J connectivity index is 2.16. The Morgan fingerprint density at radius 3 is 2.53 bits per heavy atom. The third-order valence-corrected chi connectivity index (χ3v) is 2.34. The molecule has 0 unspecified atom stereocenters. The highest BCUT2D eigenvalue weighted by atomic mass is 79.9. The van der Waals surface area contributed by atoms with Gasteiger partial charge >= 0.3 is 5.97 Å². The normalized spacial score (nSPS) is 9.94. The maximum absolute atomic E-state index is 10.5. The van der Waals surface area contributed by atoms with Crippen LogP contribution in [0.15, 0.2) is 41.1 Å². The first-order valence-corrected chi connectivity index (χ1v) is 5.43. The Hall–Kier alpha value is -1.95. The lowest BCUT2D eigenvalue weighted by Gasteiger charge is -2.04. The Morgan fingerprint density at radius 2 is 1.94 bits per heavy atom. The van der Waals surface area contributed by atoms with Gasteiger partial charge in [-0.2, -0.15) is 0 Å². The van der Waals surface area contributed by atoms with Crippen LogP contribution in [-0.2, 0) is 0 Å². The number of ether oxygens (including phenoxy) is 1. The van der Waals surface area contributed by atoms with E-state index in [-0.39, 0.29) is 5.82 Å². The number of benzene rings is 1. The number of aromatic carboxylic acids is 1. The zero-order valence-electron chi connectivity index (χ0n) is 8.50. The van der Waals surface area contributed by atoms with Gasteiger partial charge in [0, 0.05) is 4.47 Å². The van der Waals surface area contributed by atoms with Crippen molar-refractivity contribution in [2.24, 2.45) is 0 Å². The van der Waals surface area contributed by atoms with Crippen LogP contribution in [0.25, 0.3) is 0 Å². The molecular weight excluding hydrogens is 288 g/mol. The molecule has 1 aromatic heterocycles. The monoisotopic (exact) mass is 294 g/mol. The molecule has 17 heavy (non-hydrogen) atoms. The summed E-state index contributed by atoms with van der Waals surface area (Å²) in [6, 6.07) is 7.25. The predicted molar refractivity (Wildman–Crippen MR) is 63.2 cm³/mol. The second-order valence-corrected chi connectivity index (χ2v) is 4.02. The molecule has 6 heteroatoms. The lowest BCUT2D eigenvalue weighted by atomic mass is 10.3. The average molecular weight is 295 g/mol. The van der Waals surface area contributed by atoms with Crippen molar-refractivity contribution in [3.05, 3.63) is 47.0 Å². The summed E-state index contributed by atoms with van der Waals surface area (Å²) < 4.78 is 6.33. The van der Waals surface area contributed by atoms with E-state index >= 15 is 0 Å². The van der Waals surface area contributed by atoms with E-state index in [0.717, 1.165) is 4.47 Å². The number of hydrogen-bond donors (Lipinski definition) is 1. The van der Waals surface area contributed by atoms with E-state index in [9.17, 15) is 4.79 Å². The quantitative estimate of drug-likeness (QED) is 0.942. The molecule has 5 nitrogen and oxygen atoms in total. The molecule has 2 aromatic rings. The maximum Gasteiger partial charge on any atom is 0.373 e. The molecule has 86 valence electrons. The van der Waals surface area contributed by atoms with Gasteiger partial charge in [0.25, 0.3) is 0 Å². The molecule has 0 amide bonds. The summed E-state index contributed by atoms with van der Waals surface area (Å²) in [4.78, 5) is 17.8. The van der Waals surface area contributed by atoms with E-state index in [1.54, 1.807) is 12.1 Å². The van der Waals surface area contributed by atoms with Crippen LogP contribution in [0.5, 0.6) is 11.5 Å². The molecular formula is C11H7BrN2O3. The van der Waals surface area contributed by atoms with Crippen molar-refractivity contribution < 1.29 is 14.6 Å². The summed E-state index contributed by atoms with van der Waals surface area (Å²) in [5.41, 5.74) is 0. The van der Waals surface area contributed by atoms with Crippen molar-refractivity contribution in [2.45, 2.75) is 0 Å². The van der Waals surface area contributed by atoms with Gasteiger partial charge in [-0.1, -0.05) is 22.0 Å². The highest BCUT2D eigenvalue weighted by Gasteiger charge is 2.06. The molecule has 0 bridgehead atoms. The van der Waals surface area contributed by atoms with Gasteiger partial charge in [-0.05, 0) is 18.2 Å². The largest absolute Gasteiger partial charge is 0.475 e. The number of halogens is 1. The van der Waals surface area contributed by atoms with Crippen LogP contribution < -0.4 is 4.74 Å². The zero-order chi connectivity index (χ0) is 12.3. The summed E-state index contributed by atoms with van der Waals surface area (Å²) in [6.07, 6.45) is 2.63. The standard InChI is InChI=1S/C11H7BrN2O3/c12-7-2-1-3-8(4-7)17-9-5-13-10(11(15)16)14-6-9/h1-6H,(H,15,16).